The summed E-state index contributed by atoms with van der Waals surface area (Å²) in [6.45, 7) is 3.22. The fraction of sp³-hybridized carbons (Fsp3) is 0.538. The summed E-state index contributed by atoms with van der Waals surface area (Å²) in [4.78, 5) is 0. The van der Waals surface area contributed by atoms with Gasteiger partial charge in [-0.3, -0.25) is 0 Å². The molecule has 5 heteroatoms. The van der Waals surface area contributed by atoms with E-state index in [1.54, 1.807) is 12.1 Å². The number of hydrogen-bond acceptors (Lipinski definition) is 2. The van der Waals surface area contributed by atoms with Crippen molar-refractivity contribution in [2.24, 2.45) is 11.8 Å². The van der Waals surface area contributed by atoms with Gasteiger partial charge in [0.25, 0.3) is 0 Å². The van der Waals surface area contributed by atoms with Crippen molar-refractivity contribution in [1.29, 1.82) is 0 Å². The van der Waals surface area contributed by atoms with E-state index in [1.165, 1.54) is 0 Å². The molecule has 0 bridgehead atoms. The van der Waals surface area contributed by atoms with Crippen LogP contribution in [-0.4, -0.2) is 18.3 Å². The minimum Gasteiger partial charge on any atom is -0.388 e. The minimum absolute atomic E-state index is 0.00509. The van der Waals surface area contributed by atoms with Crippen LogP contribution in [0.15, 0.2) is 16.6 Å². The predicted octanol–water partition coefficient (Wildman–Crippen LogP) is 3.95. The summed E-state index contributed by atoms with van der Waals surface area (Å²) in [6.07, 6.45) is -0.107. The molecule has 1 heterocycles. The summed E-state index contributed by atoms with van der Waals surface area (Å²) in [6, 6.07) is 3.24. The van der Waals surface area contributed by atoms with Gasteiger partial charge in [-0.1, -0.05) is 24.6 Å². The second kappa shape index (κ2) is 5.87. The van der Waals surface area contributed by atoms with E-state index in [-0.39, 0.29) is 22.4 Å². The minimum atomic E-state index is -0.838. The summed E-state index contributed by atoms with van der Waals surface area (Å²) >= 11 is 9.01. The van der Waals surface area contributed by atoms with Crippen LogP contribution in [0.4, 0.5) is 4.39 Å². The largest absolute Gasteiger partial charge is 0.388 e. The Morgan fingerprint density at radius 3 is 2.94 bits per heavy atom. The topological polar surface area (TPSA) is 29.5 Å². The number of hydrogen-bond donors (Lipinski definition) is 1. The van der Waals surface area contributed by atoms with Crippen molar-refractivity contribution in [2.75, 3.05) is 13.2 Å². The first-order chi connectivity index (χ1) is 8.52. The number of aliphatic hydroxyl groups excluding tert-OH is 1. The summed E-state index contributed by atoms with van der Waals surface area (Å²) in [5.74, 6) is -0.335. The fourth-order valence-corrected chi connectivity index (χ4v) is 2.84. The van der Waals surface area contributed by atoms with Crippen LogP contribution in [-0.2, 0) is 4.74 Å². The molecule has 1 aromatic carbocycles. The fourth-order valence-electron chi connectivity index (χ4n) is 2.37. The first-order valence-corrected chi connectivity index (χ1v) is 7.08. The SMILES string of the molecule is CC1COCCC1C(O)c1ccc(Br)c(Cl)c1F. The van der Waals surface area contributed by atoms with E-state index in [9.17, 15) is 9.50 Å². The summed E-state index contributed by atoms with van der Waals surface area (Å²) in [5.41, 5.74) is 0.266. The van der Waals surface area contributed by atoms with E-state index in [2.05, 4.69) is 15.9 Å². The van der Waals surface area contributed by atoms with Crippen molar-refractivity contribution in [2.45, 2.75) is 19.4 Å². The van der Waals surface area contributed by atoms with Gasteiger partial charge >= 0.3 is 0 Å². The monoisotopic (exact) mass is 336 g/mol. The molecule has 0 aromatic heterocycles. The van der Waals surface area contributed by atoms with Crippen LogP contribution in [0, 0.1) is 17.7 Å². The molecule has 0 spiro atoms. The first kappa shape index (κ1) is 14.3. The van der Waals surface area contributed by atoms with Crippen LogP contribution in [0.25, 0.3) is 0 Å². The number of rotatable bonds is 2. The van der Waals surface area contributed by atoms with Gasteiger partial charge in [0.1, 0.15) is 5.82 Å². The molecule has 0 saturated carbocycles. The highest BCUT2D eigenvalue weighted by molar-refractivity contribution is 9.10. The molecule has 1 saturated heterocycles. The average Bonchev–Trinajstić information content (AvgIpc) is 2.36. The molecule has 3 unspecified atom stereocenters. The molecule has 3 atom stereocenters. The van der Waals surface area contributed by atoms with Gasteiger partial charge in [0, 0.05) is 23.2 Å². The van der Waals surface area contributed by atoms with Gasteiger partial charge in [0.2, 0.25) is 0 Å². The Labute approximate surface area is 119 Å². The highest BCUT2D eigenvalue weighted by atomic mass is 79.9. The van der Waals surface area contributed by atoms with Crippen LogP contribution < -0.4 is 0 Å². The van der Waals surface area contributed by atoms with Crippen LogP contribution in [0.5, 0.6) is 0 Å². The van der Waals surface area contributed by atoms with Crippen molar-refractivity contribution in [3.63, 3.8) is 0 Å². The lowest BCUT2D eigenvalue weighted by Gasteiger charge is -2.33. The van der Waals surface area contributed by atoms with Crippen molar-refractivity contribution in [1.82, 2.24) is 0 Å². The van der Waals surface area contributed by atoms with Crippen LogP contribution in [0.3, 0.4) is 0 Å². The zero-order valence-electron chi connectivity index (χ0n) is 10.00. The van der Waals surface area contributed by atoms with E-state index in [4.69, 9.17) is 16.3 Å². The average molecular weight is 338 g/mol. The van der Waals surface area contributed by atoms with Gasteiger partial charge in [-0.2, -0.15) is 0 Å². The van der Waals surface area contributed by atoms with Gasteiger partial charge in [-0.25, -0.2) is 4.39 Å². The quantitative estimate of drug-likeness (QED) is 0.828. The van der Waals surface area contributed by atoms with Crippen LogP contribution >= 0.6 is 27.5 Å². The maximum absolute atomic E-state index is 14.0. The lowest BCUT2D eigenvalue weighted by atomic mass is 9.82. The molecule has 1 aliphatic rings. The Morgan fingerprint density at radius 1 is 1.56 bits per heavy atom. The third-order valence-electron chi connectivity index (χ3n) is 3.50. The second-order valence-electron chi connectivity index (χ2n) is 4.71. The molecule has 100 valence electrons. The van der Waals surface area contributed by atoms with Crippen molar-refractivity contribution < 1.29 is 14.2 Å². The molecule has 1 fully saturated rings. The first-order valence-electron chi connectivity index (χ1n) is 5.91. The highest BCUT2D eigenvalue weighted by Crippen LogP contribution is 2.37. The molecular formula is C13H15BrClFO2. The Balaban J connectivity index is 2.28. The number of benzene rings is 1. The van der Waals surface area contributed by atoms with Crippen LogP contribution in [0.1, 0.15) is 25.0 Å². The van der Waals surface area contributed by atoms with E-state index >= 15 is 0 Å². The van der Waals surface area contributed by atoms with Crippen LogP contribution in [0.2, 0.25) is 5.02 Å². The van der Waals surface area contributed by atoms with Gasteiger partial charge < -0.3 is 9.84 Å². The lowest BCUT2D eigenvalue weighted by molar-refractivity contribution is -0.0320. The summed E-state index contributed by atoms with van der Waals surface area (Å²) in [5, 5.41) is 10.4. The summed E-state index contributed by atoms with van der Waals surface area (Å²) < 4.78 is 19.9. The Hall–Kier alpha value is -0.160. The third-order valence-corrected chi connectivity index (χ3v) is 4.76. The van der Waals surface area contributed by atoms with E-state index in [0.717, 1.165) is 6.42 Å². The molecule has 0 amide bonds. The molecule has 2 nitrogen and oxygen atoms in total. The standard InChI is InChI=1S/C13H15BrClFO2/c1-7-6-18-5-4-8(7)13(17)9-2-3-10(14)11(15)12(9)16/h2-3,7-8,13,17H,4-6H2,1H3. The van der Waals surface area contributed by atoms with Crippen molar-refractivity contribution in [3.05, 3.63) is 33.0 Å². The normalized spacial score (nSPS) is 26.1. The van der Waals surface area contributed by atoms with Gasteiger partial charge in [-0.05, 0) is 40.3 Å². The van der Waals surface area contributed by atoms with Crippen molar-refractivity contribution in [3.8, 4) is 0 Å². The maximum atomic E-state index is 14.0. The van der Waals surface area contributed by atoms with Gasteiger partial charge in [0.15, 0.2) is 0 Å². The number of aliphatic hydroxyl groups is 1. The molecule has 18 heavy (non-hydrogen) atoms. The molecule has 1 aliphatic heterocycles. The molecule has 0 aliphatic carbocycles. The van der Waals surface area contributed by atoms with E-state index in [1.807, 2.05) is 6.92 Å². The molecule has 1 aromatic rings. The van der Waals surface area contributed by atoms with E-state index in [0.29, 0.717) is 17.7 Å². The second-order valence-corrected chi connectivity index (χ2v) is 5.95. The zero-order chi connectivity index (χ0) is 13.3. The third kappa shape index (κ3) is 2.72. The highest BCUT2D eigenvalue weighted by Gasteiger charge is 2.31. The lowest BCUT2D eigenvalue weighted by Crippen LogP contribution is -2.30. The Kier molecular flexibility index (Phi) is 4.64. The summed E-state index contributed by atoms with van der Waals surface area (Å²) in [7, 11) is 0. The molecule has 1 N–H and O–H groups in total. The van der Waals surface area contributed by atoms with Crippen molar-refractivity contribution >= 4 is 27.5 Å². The smallest absolute Gasteiger partial charge is 0.148 e. The molecular weight excluding hydrogens is 322 g/mol. The number of halogens is 3. The Bertz CT molecular complexity index is 441. The Morgan fingerprint density at radius 2 is 2.28 bits per heavy atom. The van der Waals surface area contributed by atoms with Gasteiger partial charge in [0.05, 0.1) is 11.1 Å². The van der Waals surface area contributed by atoms with Gasteiger partial charge in [-0.15, -0.1) is 0 Å². The molecule has 2 rings (SSSR count). The zero-order valence-corrected chi connectivity index (χ0v) is 12.3. The number of ether oxygens (including phenoxy) is 1. The predicted molar refractivity (Wildman–Crippen MR) is 72.2 cm³/mol. The van der Waals surface area contributed by atoms with E-state index < -0.39 is 11.9 Å². The molecule has 0 radical (unpaired) electrons. The maximum Gasteiger partial charge on any atom is 0.148 e.